The Morgan fingerprint density at radius 1 is 1.12 bits per heavy atom. The van der Waals surface area contributed by atoms with Crippen molar-refractivity contribution in [3.8, 4) is 0 Å². The van der Waals surface area contributed by atoms with E-state index >= 15 is 0 Å². The molecule has 0 aromatic rings. The fraction of sp³-hybridized carbons (Fsp3) is 0.750. The maximum atomic E-state index is 11.8. The molecule has 0 spiro atoms. The SMILES string of the molecule is CN1CC2=C(C1)CN(C(=O)OC(C)(C)C)C2. The lowest BCUT2D eigenvalue weighted by atomic mass is 10.2. The van der Waals surface area contributed by atoms with E-state index < -0.39 is 5.60 Å². The second-order valence-electron chi connectivity index (χ2n) is 5.72. The van der Waals surface area contributed by atoms with Crippen molar-refractivity contribution in [3.63, 3.8) is 0 Å². The number of nitrogens with zero attached hydrogens (tertiary/aromatic N) is 2. The Morgan fingerprint density at radius 2 is 1.62 bits per heavy atom. The lowest BCUT2D eigenvalue weighted by molar-refractivity contribution is 0.0294. The van der Waals surface area contributed by atoms with Gasteiger partial charge in [-0.3, -0.25) is 4.90 Å². The second kappa shape index (κ2) is 3.77. The molecule has 0 aromatic heterocycles. The lowest BCUT2D eigenvalue weighted by Gasteiger charge is -2.25. The molecule has 0 atom stereocenters. The van der Waals surface area contributed by atoms with Gasteiger partial charge < -0.3 is 9.64 Å². The van der Waals surface area contributed by atoms with Crippen molar-refractivity contribution in [1.29, 1.82) is 0 Å². The van der Waals surface area contributed by atoms with Crippen LogP contribution < -0.4 is 0 Å². The molecule has 1 amide bonds. The summed E-state index contributed by atoms with van der Waals surface area (Å²) in [5.41, 5.74) is 2.39. The predicted octanol–water partition coefficient (Wildman–Crippen LogP) is 1.48. The molecule has 0 aliphatic carbocycles. The molecule has 0 N–H and O–H groups in total. The van der Waals surface area contributed by atoms with Crippen LogP contribution in [0.15, 0.2) is 11.1 Å². The van der Waals surface area contributed by atoms with E-state index in [9.17, 15) is 4.79 Å². The number of hydrogen-bond donors (Lipinski definition) is 0. The summed E-state index contributed by atoms with van der Waals surface area (Å²) in [7, 11) is 2.11. The van der Waals surface area contributed by atoms with E-state index in [1.807, 2.05) is 20.8 Å². The van der Waals surface area contributed by atoms with Crippen LogP contribution in [0.3, 0.4) is 0 Å². The Bertz CT molecular complexity index is 323. The topological polar surface area (TPSA) is 32.8 Å². The zero-order valence-electron chi connectivity index (χ0n) is 10.5. The van der Waals surface area contributed by atoms with Gasteiger partial charge in [0.15, 0.2) is 0 Å². The molecule has 4 heteroatoms. The minimum Gasteiger partial charge on any atom is -0.444 e. The van der Waals surface area contributed by atoms with Gasteiger partial charge in [-0.15, -0.1) is 0 Å². The van der Waals surface area contributed by atoms with Gasteiger partial charge in [0.25, 0.3) is 0 Å². The van der Waals surface area contributed by atoms with Crippen molar-refractivity contribution < 1.29 is 9.53 Å². The van der Waals surface area contributed by atoms with Crippen molar-refractivity contribution in [1.82, 2.24) is 9.80 Å². The van der Waals surface area contributed by atoms with Crippen LogP contribution in [-0.4, -0.2) is 54.7 Å². The van der Waals surface area contributed by atoms with Gasteiger partial charge in [-0.1, -0.05) is 0 Å². The third kappa shape index (κ3) is 2.38. The van der Waals surface area contributed by atoms with Crippen LogP contribution in [0.2, 0.25) is 0 Å². The van der Waals surface area contributed by atoms with E-state index in [1.54, 1.807) is 4.90 Å². The molecule has 4 nitrogen and oxygen atoms in total. The van der Waals surface area contributed by atoms with Gasteiger partial charge in [-0.2, -0.15) is 0 Å². The maximum absolute atomic E-state index is 11.8. The first-order valence-corrected chi connectivity index (χ1v) is 5.71. The van der Waals surface area contributed by atoms with Gasteiger partial charge in [-0.05, 0) is 39.0 Å². The summed E-state index contributed by atoms with van der Waals surface area (Å²) >= 11 is 0. The largest absolute Gasteiger partial charge is 0.444 e. The Balaban J connectivity index is 1.90. The molecule has 2 aliphatic rings. The smallest absolute Gasteiger partial charge is 0.410 e. The molecule has 2 aliphatic heterocycles. The molecule has 0 radical (unpaired) electrons. The molecular weight excluding hydrogens is 204 g/mol. The summed E-state index contributed by atoms with van der Waals surface area (Å²) in [6.07, 6.45) is -0.190. The number of likely N-dealkylation sites (N-methyl/N-ethyl adjacent to an activating group) is 1. The first-order valence-electron chi connectivity index (χ1n) is 5.71. The van der Waals surface area contributed by atoms with Crippen molar-refractivity contribution in [2.24, 2.45) is 0 Å². The number of amides is 1. The third-order valence-corrected chi connectivity index (χ3v) is 2.84. The highest BCUT2D eigenvalue weighted by molar-refractivity contribution is 5.70. The maximum Gasteiger partial charge on any atom is 0.410 e. The third-order valence-electron chi connectivity index (χ3n) is 2.84. The average Bonchev–Trinajstić information content (AvgIpc) is 2.56. The molecule has 0 bridgehead atoms. The number of carbonyl (C=O) groups is 1. The Labute approximate surface area is 96.8 Å². The van der Waals surface area contributed by atoms with Crippen LogP contribution >= 0.6 is 0 Å². The van der Waals surface area contributed by atoms with Crippen LogP contribution in [0.1, 0.15) is 20.8 Å². The van der Waals surface area contributed by atoms with E-state index in [2.05, 4.69) is 11.9 Å². The van der Waals surface area contributed by atoms with Crippen LogP contribution in [0, 0.1) is 0 Å². The van der Waals surface area contributed by atoms with Crippen LogP contribution in [0.5, 0.6) is 0 Å². The van der Waals surface area contributed by atoms with E-state index in [0.717, 1.165) is 26.2 Å². The predicted molar refractivity (Wildman–Crippen MR) is 62.3 cm³/mol. The van der Waals surface area contributed by atoms with E-state index in [0.29, 0.717) is 0 Å². The van der Waals surface area contributed by atoms with Gasteiger partial charge in [0.2, 0.25) is 0 Å². The first-order chi connectivity index (χ1) is 7.35. The van der Waals surface area contributed by atoms with Crippen molar-refractivity contribution in [2.75, 3.05) is 33.2 Å². The highest BCUT2D eigenvalue weighted by Gasteiger charge is 2.32. The molecule has 2 heterocycles. The highest BCUT2D eigenvalue weighted by Crippen LogP contribution is 2.25. The van der Waals surface area contributed by atoms with Crippen molar-refractivity contribution >= 4 is 6.09 Å². The van der Waals surface area contributed by atoms with Crippen LogP contribution in [-0.2, 0) is 4.74 Å². The zero-order valence-corrected chi connectivity index (χ0v) is 10.5. The normalized spacial score (nSPS) is 21.6. The monoisotopic (exact) mass is 224 g/mol. The summed E-state index contributed by atoms with van der Waals surface area (Å²) in [6.45, 7) is 9.17. The fourth-order valence-electron chi connectivity index (χ4n) is 2.23. The Morgan fingerprint density at radius 3 is 2.06 bits per heavy atom. The summed E-state index contributed by atoms with van der Waals surface area (Å²) in [6, 6.07) is 0. The first kappa shape index (κ1) is 11.5. The molecule has 0 aromatic carbocycles. The number of carbonyl (C=O) groups excluding carboxylic acids is 1. The number of ether oxygens (including phenoxy) is 1. The van der Waals surface area contributed by atoms with Gasteiger partial charge in [-0.25, -0.2) is 4.79 Å². The lowest BCUT2D eigenvalue weighted by Crippen LogP contribution is -2.37. The summed E-state index contributed by atoms with van der Waals surface area (Å²) in [4.78, 5) is 15.9. The Hall–Kier alpha value is -1.03. The van der Waals surface area contributed by atoms with E-state index in [1.165, 1.54) is 11.1 Å². The zero-order chi connectivity index (χ0) is 11.9. The quantitative estimate of drug-likeness (QED) is 0.584. The molecular formula is C12H20N2O2. The van der Waals surface area contributed by atoms with Crippen molar-refractivity contribution in [3.05, 3.63) is 11.1 Å². The van der Waals surface area contributed by atoms with Crippen LogP contribution in [0.4, 0.5) is 4.79 Å². The molecule has 2 rings (SSSR count). The molecule has 0 saturated carbocycles. The van der Waals surface area contributed by atoms with E-state index in [-0.39, 0.29) is 6.09 Å². The van der Waals surface area contributed by atoms with Gasteiger partial charge in [0.05, 0.1) is 0 Å². The molecule has 16 heavy (non-hydrogen) atoms. The van der Waals surface area contributed by atoms with Gasteiger partial charge in [0.1, 0.15) is 5.60 Å². The fourth-order valence-corrected chi connectivity index (χ4v) is 2.23. The molecule has 0 fully saturated rings. The van der Waals surface area contributed by atoms with Gasteiger partial charge in [0, 0.05) is 26.2 Å². The average molecular weight is 224 g/mol. The Kier molecular flexibility index (Phi) is 2.70. The van der Waals surface area contributed by atoms with Gasteiger partial charge >= 0.3 is 6.09 Å². The molecule has 0 saturated heterocycles. The summed E-state index contributed by atoms with van der Waals surface area (Å²) in [5, 5.41) is 0. The minimum atomic E-state index is -0.402. The standard InChI is InChI=1S/C12H20N2O2/c1-12(2,3)16-11(15)14-7-9-5-13(4)6-10(9)8-14/h5-8H2,1-4H3. The second-order valence-corrected chi connectivity index (χ2v) is 5.72. The number of hydrogen-bond acceptors (Lipinski definition) is 3. The highest BCUT2D eigenvalue weighted by atomic mass is 16.6. The minimum absolute atomic E-state index is 0.190. The van der Waals surface area contributed by atoms with E-state index in [4.69, 9.17) is 4.74 Å². The van der Waals surface area contributed by atoms with Crippen molar-refractivity contribution in [2.45, 2.75) is 26.4 Å². The summed E-state index contributed by atoms with van der Waals surface area (Å²) < 4.78 is 5.36. The summed E-state index contributed by atoms with van der Waals surface area (Å²) in [5.74, 6) is 0. The molecule has 90 valence electrons. The molecule has 0 unspecified atom stereocenters. The number of rotatable bonds is 0. The van der Waals surface area contributed by atoms with Crippen LogP contribution in [0.25, 0.3) is 0 Å².